The minimum atomic E-state index is -0.163. The van der Waals surface area contributed by atoms with Gasteiger partial charge in [-0.15, -0.1) is 0 Å². The van der Waals surface area contributed by atoms with Crippen molar-refractivity contribution in [3.05, 3.63) is 0 Å². The van der Waals surface area contributed by atoms with Crippen LogP contribution in [0.5, 0.6) is 0 Å². The maximum absolute atomic E-state index is 12.3. The van der Waals surface area contributed by atoms with E-state index in [0.717, 1.165) is 38.6 Å². The van der Waals surface area contributed by atoms with Crippen LogP contribution in [-0.2, 0) is 14.3 Å². The van der Waals surface area contributed by atoms with Crippen molar-refractivity contribution >= 4 is 11.9 Å². The van der Waals surface area contributed by atoms with Crippen LogP contribution in [0, 0.1) is 23.2 Å². The molecule has 140 valence electrons. The van der Waals surface area contributed by atoms with Crippen molar-refractivity contribution in [3.8, 4) is 0 Å². The van der Waals surface area contributed by atoms with E-state index in [0.29, 0.717) is 31.4 Å². The summed E-state index contributed by atoms with van der Waals surface area (Å²) in [4.78, 5) is 23.5. The smallest absolute Gasteiger partial charge is 0.305 e. The number of nitrogens with two attached hydrogens (primary N) is 1. The van der Waals surface area contributed by atoms with Gasteiger partial charge in [-0.25, -0.2) is 0 Å². The highest BCUT2D eigenvalue weighted by atomic mass is 16.5. The van der Waals surface area contributed by atoms with Crippen LogP contribution in [0.2, 0.25) is 0 Å². The molecule has 0 radical (unpaired) electrons. The third kappa shape index (κ3) is 7.20. The highest BCUT2D eigenvalue weighted by molar-refractivity contribution is 5.79. The first kappa shape index (κ1) is 20.9. The van der Waals surface area contributed by atoms with Crippen LogP contribution in [0.3, 0.4) is 0 Å². The average molecular weight is 341 g/mol. The molecule has 3 unspecified atom stereocenters. The molecular weight excluding hydrogens is 304 g/mol. The number of rotatable bonds is 11. The SMILES string of the molecule is CCC(=O)OCCC1CCC1C(=O)NCC(C)CC(C)(C)CCN. The highest BCUT2D eigenvalue weighted by Gasteiger charge is 2.36. The summed E-state index contributed by atoms with van der Waals surface area (Å²) >= 11 is 0. The van der Waals surface area contributed by atoms with Gasteiger partial charge in [-0.1, -0.05) is 27.7 Å². The second-order valence-electron chi connectivity index (χ2n) is 8.06. The zero-order chi connectivity index (χ0) is 18.2. The predicted octanol–water partition coefficient (Wildman–Crippen LogP) is 2.87. The third-order valence-corrected chi connectivity index (χ3v) is 5.14. The molecule has 1 amide bonds. The van der Waals surface area contributed by atoms with E-state index in [1.165, 1.54) is 0 Å². The molecule has 0 aromatic carbocycles. The lowest BCUT2D eigenvalue weighted by molar-refractivity contribution is -0.144. The van der Waals surface area contributed by atoms with E-state index in [-0.39, 0.29) is 23.2 Å². The molecule has 0 bridgehead atoms. The molecule has 1 aliphatic rings. The van der Waals surface area contributed by atoms with Crippen LogP contribution in [-0.4, -0.2) is 31.6 Å². The van der Waals surface area contributed by atoms with E-state index < -0.39 is 0 Å². The van der Waals surface area contributed by atoms with Crippen molar-refractivity contribution in [1.82, 2.24) is 5.32 Å². The molecule has 0 saturated heterocycles. The molecule has 0 aromatic rings. The van der Waals surface area contributed by atoms with Crippen molar-refractivity contribution in [3.63, 3.8) is 0 Å². The van der Waals surface area contributed by atoms with Gasteiger partial charge in [0.05, 0.1) is 6.61 Å². The molecule has 1 fully saturated rings. The van der Waals surface area contributed by atoms with Crippen molar-refractivity contribution in [1.29, 1.82) is 0 Å². The van der Waals surface area contributed by atoms with Crippen LogP contribution >= 0.6 is 0 Å². The molecule has 0 aliphatic heterocycles. The fourth-order valence-electron chi connectivity index (χ4n) is 3.60. The van der Waals surface area contributed by atoms with Gasteiger partial charge in [0.2, 0.25) is 5.91 Å². The number of hydrogen-bond acceptors (Lipinski definition) is 4. The summed E-state index contributed by atoms with van der Waals surface area (Å²) in [7, 11) is 0. The first-order valence-electron chi connectivity index (χ1n) is 9.42. The third-order valence-electron chi connectivity index (χ3n) is 5.14. The fraction of sp³-hybridized carbons (Fsp3) is 0.895. The van der Waals surface area contributed by atoms with E-state index in [4.69, 9.17) is 10.5 Å². The van der Waals surface area contributed by atoms with Crippen molar-refractivity contribution in [2.24, 2.45) is 28.9 Å². The summed E-state index contributed by atoms with van der Waals surface area (Å²) in [5, 5.41) is 3.11. The molecule has 3 atom stereocenters. The van der Waals surface area contributed by atoms with Crippen molar-refractivity contribution in [2.45, 2.75) is 66.2 Å². The average Bonchev–Trinajstić information content (AvgIpc) is 2.47. The molecule has 5 nitrogen and oxygen atoms in total. The van der Waals surface area contributed by atoms with Crippen LogP contribution in [0.15, 0.2) is 0 Å². The highest BCUT2D eigenvalue weighted by Crippen LogP contribution is 2.37. The van der Waals surface area contributed by atoms with Gasteiger partial charge in [-0.2, -0.15) is 0 Å². The zero-order valence-electron chi connectivity index (χ0n) is 15.9. The molecule has 3 N–H and O–H groups in total. The van der Waals surface area contributed by atoms with Crippen LogP contribution in [0.4, 0.5) is 0 Å². The molecular formula is C19H36N2O3. The fourth-order valence-corrected chi connectivity index (χ4v) is 3.60. The Hall–Kier alpha value is -1.10. The molecule has 0 aromatic heterocycles. The number of ether oxygens (including phenoxy) is 1. The van der Waals surface area contributed by atoms with Gasteiger partial charge >= 0.3 is 5.97 Å². The Kier molecular flexibility index (Phi) is 8.74. The number of amides is 1. The summed E-state index contributed by atoms with van der Waals surface area (Å²) in [5.74, 6) is 0.897. The quantitative estimate of drug-likeness (QED) is 0.567. The second-order valence-corrected chi connectivity index (χ2v) is 8.06. The van der Waals surface area contributed by atoms with E-state index >= 15 is 0 Å². The van der Waals surface area contributed by atoms with Gasteiger partial charge in [0.15, 0.2) is 0 Å². The molecule has 24 heavy (non-hydrogen) atoms. The molecule has 0 spiro atoms. The first-order valence-corrected chi connectivity index (χ1v) is 9.42. The standard InChI is InChI=1S/C19H36N2O3/c1-5-17(22)24-11-8-15-6-7-16(15)18(23)21-13-14(2)12-19(3,4)9-10-20/h14-16H,5-13,20H2,1-4H3,(H,21,23). The van der Waals surface area contributed by atoms with Gasteiger partial charge in [-0.3, -0.25) is 9.59 Å². The van der Waals surface area contributed by atoms with Gasteiger partial charge in [-0.05, 0) is 55.9 Å². The number of esters is 1. The second kappa shape index (κ2) is 10.0. The molecule has 0 heterocycles. The minimum absolute atomic E-state index is 0.0922. The van der Waals surface area contributed by atoms with Crippen LogP contribution < -0.4 is 11.1 Å². The van der Waals surface area contributed by atoms with Gasteiger partial charge in [0, 0.05) is 18.9 Å². The summed E-state index contributed by atoms with van der Waals surface area (Å²) in [6.45, 7) is 10.3. The molecule has 5 heteroatoms. The predicted molar refractivity (Wildman–Crippen MR) is 96.3 cm³/mol. The lowest BCUT2D eigenvalue weighted by atomic mass is 9.71. The summed E-state index contributed by atoms with van der Waals surface area (Å²) < 4.78 is 5.12. The van der Waals surface area contributed by atoms with Gasteiger partial charge in [0.25, 0.3) is 0 Å². The Labute approximate surface area is 147 Å². The Morgan fingerprint density at radius 3 is 2.58 bits per heavy atom. The zero-order valence-corrected chi connectivity index (χ0v) is 15.9. The lowest BCUT2D eigenvalue weighted by Gasteiger charge is -2.36. The Morgan fingerprint density at radius 2 is 2.04 bits per heavy atom. The maximum atomic E-state index is 12.3. The molecule has 1 saturated carbocycles. The van der Waals surface area contributed by atoms with Crippen molar-refractivity contribution < 1.29 is 14.3 Å². The summed E-state index contributed by atoms with van der Waals surface area (Å²) in [5.41, 5.74) is 5.88. The summed E-state index contributed by atoms with van der Waals surface area (Å²) in [6, 6.07) is 0. The van der Waals surface area contributed by atoms with E-state index in [1.807, 2.05) is 0 Å². The van der Waals surface area contributed by atoms with E-state index in [9.17, 15) is 9.59 Å². The van der Waals surface area contributed by atoms with Gasteiger partial charge in [0.1, 0.15) is 0 Å². The Bertz CT molecular complexity index is 409. The maximum Gasteiger partial charge on any atom is 0.305 e. The largest absolute Gasteiger partial charge is 0.466 e. The Morgan fingerprint density at radius 1 is 1.33 bits per heavy atom. The van der Waals surface area contributed by atoms with E-state index in [1.54, 1.807) is 6.92 Å². The van der Waals surface area contributed by atoms with Crippen LogP contribution in [0.25, 0.3) is 0 Å². The topological polar surface area (TPSA) is 81.4 Å². The molecule has 1 aliphatic carbocycles. The lowest BCUT2D eigenvalue weighted by Crippen LogP contribution is -2.42. The number of carbonyl (C=O) groups excluding carboxylic acids is 2. The monoisotopic (exact) mass is 340 g/mol. The number of hydrogen-bond donors (Lipinski definition) is 2. The Balaban J connectivity index is 2.26. The summed E-state index contributed by atoms with van der Waals surface area (Å²) in [6.07, 6.45) is 5.28. The number of carbonyl (C=O) groups is 2. The normalized spacial score (nSPS) is 21.7. The number of nitrogens with one attached hydrogen (secondary N) is 1. The van der Waals surface area contributed by atoms with Crippen molar-refractivity contribution in [2.75, 3.05) is 19.7 Å². The van der Waals surface area contributed by atoms with Gasteiger partial charge < -0.3 is 15.8 Å². The van der Waals surface area contributed by atoms with Crippen LogP contribution in [0.1, 0.15) is 66.2 Å². The minimum Gasteiger partial charge on any atom is -0.466 e. The molecule has 1 rings (SSSR count). The van der Waals surface area contributed by atoms with E-state index in [2.05, 4.69) is 26.1 Å². The first-order chi connectivity index (χ1) is 11.3.